The van der Waals surface area contributed by atoms with Crippen LogP contribution in [0.25, 0.3) is 6.08 Å². The number of carboxylic acid groups (broad SMARTS) is 1. The number of carbonyl (C=O) groups excluding carboxylic acids is 1. The van der Waals surface area contributed by atoms with Crippen LogP contribution in [0.2, 0.25) is 0 Å². The monoisotopic (exact) mass is 289 g/mol. The van der Waals surface area contributed by atoms with Crippen LogP contribution in [-0.4, -0.2) is 35.5 Å². The van der Waals surface area contributed by atoms with Crippen LogP contribution in [0.15, 0.2) is 24.3 Å². The normalized spacial score (nSPS) is 18.5. The standard InChI is InChI=1S/C16H19NO4/c1-11-7-15(18)17(9-11)10-13-8-14(21-2)5-3-12(13)4-6-16(19)20/h3-6,8,11H,7,9-10H2,1-2H3,(H,19,20). The van der Waals surface area contributed by atoms with Crippen molar-refractivity contribution < 1.29 is 19.4 Å². The second-order valence-electron chi connectivity index (χ2n) is 5.32. The first-order valence-electron chi connectivity index (χ1n) is 6.85. The molecule has 1 aliphatic rings. The molecule has 5 heteroatoms. The van der Waals surface area contributed by atoms with Gasteiger partial charge < -0.3 is 14.7 Å². The van der Waals surface area contributed by atoms with E-state index in [-0.39, 0.29) is 5.91 Å². The van der Waals surface area contributed by atoms with E-state index in [1.165, 1.54) is 0 Å². The summed E-state index contributed by atoms with van der Waals surface area (Å²) in [5, 5.41) is 8.75. The molecule has 1 fully saturated rings. The van der Waals surface area contributed by atoms with Crippen LogP contribution in [0.4, 0.5) is 0 Å². The minimum absolute atomic E-state index is 0.137. The van der Waals surface area contributed by atoms with Crippen LogP contribution >= 0.6 is 0 Å². The highest BCUT2D eigenvalue weighted by Gasteiger charge is 2.26. The molecule has 2 rings (SSSR count). The first-order chi connectivity index (χ1) is 9.99. The predicted molar refractivity (Wildman–Crippen MR) is 78.9 cm³/mol. The van der Waals surface area contributed by atoms with Crippen molar-refractivity contribution in [1.82, 2.24) is 4.90 Å². The van der Waals surface area contributed by atoms with E-state index in [2.05, 4.69) is 6.92 Å². The summed E-state index contributed by atoms with van der Waals surface area (Å²) < 4.78 is 5.20. The molecule has 1 aliphatic heterocycles. The lowest BCUT2D eigenvalue weighted by Gasteiger charge is -2.18. The number of benzene rings is 1. The van der Waals surface area contributed by atoms with Crippen molar-refractivity contribution in [3.05, 3.63) is 35.4 Å². The van der Waals surface area contributed by atoms with Gasteiger partial charge in [0.05, 0.1) is 7.11 Å². The van der Waals surface area contributed by atoms with E-state index in [1.54, 1.807) is 30.2 Å². The zero-order chi connectivity index (χ0) is 15.4. The first-order valence-corrected chi connectivity index (χ1v) is 6.85. The van der Waals surface area contributed by atoms with Crippen molar-refractivity contribution in [1.29, 1.82) is 0 Å². The molecule has 0 saturated carbocycles. The Kier molecular flexibility index (Phi) is 4.62. The Hall–Kier alpha value is -2.30. The highest BCUT2D eigenvalue weighted by Crippen LogP contribution is 2.24. The number of ether oxygens (including phenoxy) is 1. The van der Waals surface area contributed by atoms with Gasteiger partial charge in [0, 0.05) is 25.6 Å². The van der Waals surface area contributed by atoms with Crippen LogP contribution in [0.5, 0.6) is 5.75 Å². The summed E-state index contributed by atoms with van der Waals surface area (Å²) in [6.45, 7) is 3.26. The molecule has 1 aromatic rings. The highest BCUT2D eigenvalue weighted by molar-refractivity contribution is 5.85. The summed E-state index contributed by atoms with van der Waals surface area (Å²) in [6, 6.07) is 5.43. The zero-order valence-corrected chi connectivity index (χ0v) is 12.2. The van der Waals surface area contributed by atoms with Gasteiger partial charge in [0.15, 0.2) is 0 Å². The number of hydrogen-bond donors (Lipinski definition) is 1. The zero-order valence-electron chi connectivity index (χ0n) is 12.2. The molecule has 112 valence electrons. The molecule has 0 aromatic heterocycles. The molecule has 21 heavy (non-hydrogen) atoms. The van der Waals surface area contributed by atoms with Crippen molar-refractivity contribution in [3.8, 4) is 5.75 Å². The molecule has 1 amide bonds. The highest BCUT2D eigenvalue weighted by atomic mass is 16.5. The molecule has 1 unspecified atom stereocenters. The molecule has 5 nitrogen and oxygen atoms in total. The summed E-state index contributed by atoms with van der Waals surface area (Å²) in [5.74, 6) is 0.194. The lowest BCUT2D eigenvalue weighted by molar-refractivity contribution is -0.131. The average Bonchev–Trinajstić information content (AvgIpc) is 2.75. The first kappa shape index (κ1) is 15.1. The van der Waals surface area contributed by atoms with E-state index >= 15 is 0 Å². The number of nitrogens with zero attached hydrogens (tertiary/aromatic N) is 1. The number of carboxylic acids is 1. The fraction of sp³-hybridized carbons (Fsp3) is 0.375. The average molecular weight is 289 g/mol. The topological polar surface area (TPSA) is 66.8 Å². The largest absolute Gasteiger partial charge is 0.497 e. The maximum atomic E-state index is 11.9. The summed E-state index contributed by atoms with van der Waals surface area (Å²) in [4.78, 5) is 24.4. The molecule has 1 atom stereocenters. The van der Waals surface area contributed by atoms with Gasteiger partial charge >= 0.3 is 5.97 Å². The van der Waals surface area contributed by atoms with Crippen molar-refractivity contribution in [2.45, 2.75) is 19.9 Å². The van der Waals surface area contributed by atoms with Gasteiger partial charge in [0.1, 0.15) is 5.75 Å². The second-order valence-corrected chi connectivity index (χ2v) is 5.32. The van der Waals surface area contributed by atoms with E-state index in [0.29, 0.717) is 24.6 Å². The van der Waals surface area contributed by atoms with E-state index in [1.807, 2.05) is 6.07 Å². The van der Waals surface area contributed by atoms with Crippen LogP contribution in [0.1, 0.15) is 24.5 Å². The van der Waals surface area contributed by atoms with Gasteiger partial charge in [-0.25, -0.2) is 4.79 Å². The minimum atomic E-state index is -0.998. The quantitative estimate of drug-likeness (QED) is 0.844. The van der Waals surface area contributed by atoms with Crippen molar-refractivity contribution in [3.63, 3.8) is 0 Å². The molecule has 1 aromatic carbocycles. The van der Waals surface area contributed by atoms with Gasteiger partial charge in [-0.05, 0) is 35.3 Å². The Bertz CT molecular complexity index is 580. The molecular formula is C16H19NO4. The molecule has 0 bridgehead atoms. The van der Waals surface area contributed by atoms with Crippen LogP contribution in [0, 0.1) is 5.92 Å². The van der Waals surface area contributed by atoms with Crippen LogP contribution in [-0.2, 0) is 16.1 Å². The summed E-state index contributed by atoms with van der Waals surface area (Å²) in [7, 11) is 1.58. The van der Waals surface area contributed by atoms with Gasteiger partial charge in [-0.15, -0.1) is 0 Å². The van der Waals surface area contributed by atoms with E-state index < -0.39 is 5.97 Å². The van der Waals surface area contributed by atoms with E-state index in [9.17, 15) is 9.59 Å². The molecule has 1 saturated heterocycles. The Morgan fingerprint density at radius 1 is 1.52 bits per heavy atom. The van der Waals surface area contributed by atoms with E-state index in [4.69, 9.17) is 9.84 Å². The maximum Gasteiger partial charge on any atom is 0.328 e. The maximum absolute atomic E-state index is 11.9. The van der Waals surface area contributed by atoms with Crippen molar-refractivity contribution >= 4 is 18.0 Å². The summed E-state index contributed by atoms with van der Waals surface area (Å²) in [5.41, 5.74) is 1.67. The van der Waals surface area contributed by atoms with E-state index in [0.717, 1.165) is 23.7 Å². The lowest BCUT2D eigenvalue weighted by atomic mass is 10.1. The van der Waals surface area contributed by atoms with Crippen LogP contribution in [0.3, 0.4) is 0 Å². The molecule has 0 spiro atoms. The lowest BCUT2D eigenvalue weighted by Crippen LogP contribution is -2.24. The van der Waals surface area contributed by atoms with Gasteiger partial charge in [0.2, 0.25) is 5.91 Å². The van der Waals surface area contributed by atoms with Crippen molar-refractivity contribution in [2.75, 3.05) is 13.7 Å². The summed E-state index contributed by atoms with van der Waals surface area (Å²) in [6.07, 6.45) is 3.21. The fourth-order valence-electron chi connectivity index (χ4n) is 2.50. The number of rotatable bonds is 5. The number of aliphatic carboxylic acids is 1. The number of likely N-dealkylation sites (tertiary alicyclic amines) is 1. The number of carbonyl (C=O) groups is 2. The van der Waals surface area contributed by atoms with Gasteiger partial charge in [-0.1, -0.05) is 13.0 Å². The van der Waals surface area contributed by atoms with Gasteiger partial charge in [-0.3, -0.25) is 4.79 Å². The molecular weight excluding hydrogens is 270 g/mol. The Morgan fingerprint density at radius 3 is 2.86 bits per heavy atom. The number of hydrogen-bond acceptors (Lipinski definition) is 3. The Balaban J connectivity index is 2.26. The SMILES string of the molecule is COc1ccc(C=CC(=O)O)c(CN2CC(C)CC2=O)c1. The number of amides is 1. The third-order valence-electron chi connectivity index (χ3n) is 3.52. The third kappa shape index (κ3) is 3.84. The Morgan fingerprint density at radius 2 is 2.29 bits per heavy atom. The fourth-order valence-corrected chi connectivity index (χ4v) is 2.50. The minimum Gasteiger partial charge on any atom is -0.497 e. The predicted octanol–water partition coefficient (Wildman–Crippen LogP) is 2.16. The molecule has 1 N–H and O–H groups in total. The van der Waals surface area contributed by atoms with Crippen molar-refractivity contribution in [2.24, 2.45) is 5.92 Å². The molecule has 0 radical (unpaired) electrons. The Labute approximate surface area is 123 Å². The second kappa shape index (κ2) is 6.43. The number of methoxy groups -OCH3 is 1. The molecule has 0 aliphatic carbocycles. The summed E-state index contributed by atoms with van der Waals surface area (Å²) >= 11 is 0. The smallest absolute Gasteiger partial charge is 0.328 e. The van der Waals surface area contributed by atoms with Gasteiger partial charge in [0.25, 0.3) is 0 Å². The molecule has 1 heterocycles. The van der Waals surface area contributed by atoms with Crippen LogP contribution < -0.4 is 4.74 Å². The third-order valence-corrected chi connectivity index (χ3v) is 3.52. The van der Waals surface area contributed by atoms with Gasteiger partial charge in [-0.2, -0.15) is 0 Å².